The van der Waals surface area contributed by atoms with E-state index in [-0.39, 0.29) is 11.8 Å². The minimum atomic E-state index is -0.417. The molecule has 20 heavy (non-hydrogen) atoms. The van der Waals surface area contributed by atoms with Gasteiger partial charge in [0.1, 0.15) is 6.29 Å². The molecular weight excluding hydrogens is 256 g/mol. The molecule has 2 heterocycles. The molecule has 5 heteroatoms. The second kappa shape index (κ2) is 4.85. The molecule has 1 aromatic carbocycles. The highest BCUT2D eigenvalue weighted by atomic mass is 16.2. The summed E-state index contributed by atoms with van der Waals surface area (Å²) >= 11 is 0. The van der Waals surface area contributed by atoms with Gasteiger partial charge in [0, 0.05) is 23.6 Å². The van der Waals surface area contributed by atoms with Crippen LogP contribution in [0.25, 0.3) is 10.9 Å². The Morgan fingerprint density at radius 2 is 2.15 bits per heavy atom. The van der Waals surface area contributed by atoms with Crippen LogP contribution in [-0.4, -0.2) is 23.1 Å². The number of carbonyl (C=O) groups excluding carboxylic acids is 3. The predicted octanol–water partition coefficient (Wildman–Crippen LogP) is 1.57. The third kappa shape index (κ3) is 2.07. The molecule has 1 saturated heterocycles. The number of hydrogen-bond acceptors (Lipinski definition) is 4. The molecule has 0 saturated carbocycles. The summed E-state index contributed by atoms with van der Waals surface area (Å²) in [6.45, 7) is 0. The van der Waals surface area contributed by atoms with Crippen molar-refractivity contribution in [3.63, 3.8) is 0 Å². The highest BCUT2D eigenvalue weighted by Gasteiger charge is 2.29. The Hall–Kier alpha value is -2.56. The minimum Gasteiger partial charge on any atom is -0.298 e. The van der Waals surface area contributed by atoms with Crippen molar-refractivity contribution in [1.82, 2.24) is 10.3 Å². The SMILES string of the molecule is O=Cc1cc(C2CCC(=O)NC2=O)c2cccnc2c1. The molecule has 0 spiro atoms. The first-order valence-corrected chi connectivity index (χ1v) is 6.36. The number of pyridine rings is 1. The standard InChI is InChI=1S/C15H12N2O3/c18-8-9-6-12(10-2-1-5-16-13(10)7-9)11-3-4-14(19)17-15(11)20/h1-2,5-8,11H,3-4H2,(H,17,19,20). The summed E-state index contributed by atoms with van der Waals surface area (Å²) in [5.41, 5.74) is 1.91. The molecule has 1 fully saturated rings. The van der Waals surface area contributed by atoms with E-state index in [4.69, 9.17) is 0 Å². The molecule has 0 bridgehead atoms. The van der Waals surface area contributed by atoms with E-state index in [1.165, 1.54) is 0 Å². The molecule has 1 aliphatic heterocycles. The van der Waals surface area contributed by atoms with Gasteiger partial charge in [0.2, 0.25) is 11.8 Å². The number of aromatic nitrogens is 1. The van der Waals surface area contributed by atoms with Crippen LogP contribution in [0.3, 0.4) is 0 Å². The average Bonchev–Trinajstić information content (AvgIpc) is 2.46. The molecule has 100 valence electrons. The smallest absolute Gasteiger partial charge is 0.234 e. The number of fused-ring (bicyclic) bond motifs is 1. The minimum absolute atomic E-state index is 0.250. The molecule has 0 aliphatic carbocycles. The number of imide groups is 1. The van der Waals surface area contributed by atoms with Crippen molar-refractivity contribution in [2.24, 2.45) is 0 Å². The number of nitrogens with one attached hydrogen (secondary N) is 1. The van der Waals surface area contributed by atoms with Gasteiger partial charge in [0.25, 0.3) is 0 Å². The van der Waals surface area contributed by atoms with Crippen molar-refractivity contribution in [1.29, 1.82) is 0 Å². The summed E-state index contributed by atoms with van der Waals surface area (Å²) in [5.74, 6) is -0.978. The van der Waals surface area contributed by atoms with Crippen molar-refractivity contribution in [2.75, 3.05) is 0 Å². The topological polar surface area (TPSA) is 76.1 Å². The fourth-order valence-electron chi connectivity index (χ4n) is 2.58. The number of benzene rings is 1. The fourth-order valence-corrected chi connectivity index (χ4v) is 2.58. The Morgan fingerprint density at radius 1 is 1.30 bits per heavy atom. The molecule has 1 aliphatic rings. The van der Waals surface area contributed by atoms with E-state index in [1.54, 1.807) is 24.4 Å². The Morgan fingerprint density at radius 3 is 2.90 bits per heavy atom. The Balaban J connectivity index is 2.16. The molecule has 5 nitrogen and oxygen atoms in total. The van der Waals surface area contributed by atoms with E-state index in [0.29, 0.717) is 23.9 Å². The first kappa shape index (κ1) is 12.5. The van der Waals surface area contributed by atoms with Crippen molar-refractivity contribution in [2.45, 2.75) is 18.8 Å². The molecule has 3 rings (SSSR count). The quantitative estimate of drug-likeness (QED) is 0.662. The zero-order valence-corrected chi connectivity index (χ0v) is 10.6. The Bertz CT molecular complexity index is 724. The van der Waals surface area contributed by atoms with Gasteiger partial charge in [0.15, 0.2) is 0 Å². The lowest BCUT2D eigenvalue weighted by Crippen LogP contribution is -2.39. The monoisotopic (exact) mass is 268 g/mol. The molecule has 1 N–H and O–H groups in total. The molecule has 1 unspecified atom stereocenters. The molecule has 2 amide bonds. The second-order valence-corrected chi connectivity index (χ2v) is 4.80. The van der Waals surface area contributed by atoms with Crippen molar-refractivity contribution in [3.8, 4) is 0 Å². The van der Waals surface area contributed by atoms with Gasteiger partial charge in [-0.2, -0.15) is 0 Å². The number of piperidine rings is 1. The lowest BCUT2D eigenvalue weighted by molar-refractivity contribution is -0.134. The molecule has 1 atom stereocenters. The Labute approximate surface area is 115 Å². The van der Waals surface area contributed by atoms with Crippen LogP contribution in [0.5, 0.6) is 0 Å². The molecule has 0 radical (unpaired) electrons. The van der Waals surface area contributed by atoms with Gasteiger partial charge in [-0.25, -0.2) is 0 Å². The maximum atomic E-state index is 12.0. The summed E-state index contributed by atoms with van der Waals surface area (Å²) in [7, 11) is 0. The summed E-state index contributed by atoms with van der Waals surface area (Å²) in [6.07, 6.45) is 3.15. The van der Waals surface area contributed by atoms with Crippen LogP contribution in [0.2, 0.25) is 0 Å². The zero-order chi connectivity index (χ0) is 14.1. The van der Waals surface area contributed by atoms with Gasteiger partial charge in [-0.05, 0) is 30.2 Å². The van der Waals surface area contributed by atoms with Crippen LogP contribution in [0.1, 0.15) is 34.7 Å². The third-order valence-electron chi connectivity index (χ3n) is 3.53. The summed E-state index contributed by atoms with van der Waals surface area (Å²) in [6, 6.07) is 7.06. The van der Waals surface area contributed by atoms with Gasteiger partial charge in [-0.15, -0.1) is 0 Å². The lowest BCUT2D eigenvalue weighted by Gasteiger charge is -2.22. The van der Waals surface area contributed by atoms with Gasteiger partial charge in [-0.3, -0.25) is 24.7 Å². The van der Waals surface area contributed by atoms with E-state index in [2.05, 4.69) is 10.3 Å². The number of hydrogen-bond donors (Lipinski definition) is 1. The van der Waals surface area contributed by atoms with Gasteiger partial charge >= 0.3 is 0 Å². The van der Waals surface area contributed by atoms with Crippen LogP contribution in [-0.2, 0) is 9.59 Å². The van der Waals surface area contributed by atoms with Crippen LogP contribution in [0.4, 0.5) is 0 Å². The van der Waals surface area contributed by atoms with E-state index in [1.807, 2.05) is 6.07 Å². The molecular formula is C15H12N2O3. The number of rotatable bonds is 2. The average molecular weight is 268 g/mol. The van der Waals surface area contributed by atoms with Crippen LogP contribution < -0.4 is 5.32 Å². The van der Waals surface area contributed by atoms with Crippen molar-refractivity contribution in [3.05, 3.63) is 41.6 Å². The fraction of sp³-hybridized carbons (Fsp3) is 0.200. The van der Waals surface area contributed by atoms with Gasteiger partial charge in [-0.1, -0.05) is 6.07 Å². The van der Waals surface area contributed by atoms with E-state index < -0.39 is 5.92 Å². The lowest BCUT2D eigenvalue weighted by atomic mass is 9.87. The van der Waals surface area contributed by atoms with Gasteiger partial charge < -0.3 is 0 Å². The zero-order valence-electron chi connectivity index (χ0n) is 10.6. The first-order valence-electron chi connectivity index (χ1n) is 6.36. The number of amides is 2. The van der Waals surface area contributed by atoms with Crippen molar-refractivity contribution >= 4 is 29.0 Å². The summed E-state index contributed by atoms with van der Waals surface area (Å²) < 4.78 is 0. The highest BCUT2D eigenvalue weighted by Crippen LogP contribution is 2.31. The second-order valence-electron chi connectivity index (χ2n) is 4.80. The third-order valence-corrected chi connectivity index (χ3v) is 3.53. The van der Waals surface area contributed by atoms with E-state index >= 15 is 0 Å². The molecule has 2 aromatic rings. The van der Waals surface area contributed by atoms with E-state index in [0.717, 1.165) is 17.2 Å². The van der Waals surface area contributed by atoms with Crippen LogP contribution >= 0.6 is 0 Å². The number of aldehydes is 1. The largest absolute Gasteiger partial charge is 0.298 e. The van der Waals surface area contributed by atoms with Crippen molar-refractivity contribution < 1.29 is 14.4 Å². The Kier molecular flexibility index (Phi) is 3.02. The first-order chi connectivity index (χ1) is 9.69. The number of nitrogens with zero attached hydrogens (tertiary/aromatic N) is 1. The predicted molar refractivity (Wildman–Crippen MR) is 72.3 cm³/mol. The number of carbonyl (C=O) groups is 3. The van der Waals surface area contributed by atoms with Gasteiger partial charge in [0.05, 0.1) is 11.4 Å². The summed E-state index contributed by atoms with van der Waals surface area (Å²) in [4.78, 5) is 38.5. The van der Waals surface area contributed by atoms with Crippen LogP contribution in [0.15, 0.2) is 30.5 Å². The maximum absolute atomic E-state index is 12.0. The highest BCUT2D eigenvalue weighted by molar-refractivity contribution is 6.03. The summed E-state index contributed by atoms with van der Waals surface area (Å²) in [5, 5.41) is 3.18. The maximum Gasteiger partial charge on any atom is 0.234 e. The van der Waals surface area contributed by atoms with E-state index in [9.17, 15) is 14.4 Å². The van der Waals surface area contributed by atoms with Crippen LogP contribution in [0, 0.1) is 0 Å². The molecule has 1 aromatic heterocycles. The normalized spacial score (nSPS) is 18.9.